The molecule has 1 aliphatic rings. The van der Waals surface area contributed by atoms with Crippen molar-refractivity contribution in [3.8, 4) is 0 Å². The van der Waals surface area contributed by atoms with E-state index in [-0.39, 0.29) is 12.1 Å². The van der Waals surface area contributed by atoms with E-state index < -0.39 is 17.6 Å². The van der Waals surface area contributed by atoms with Crippen molar-refractivity contribution in [2.45, 2.75) is 31.6 Å². The number of halogens is 4. The Labute approximate surface area is 90.5 Å². The summed E-state index contributed by atoms with van der Waals surface area (Å²) < 4.78 is 50.6. The first-order chi connectivity index (χ1) is 7.47. The third-order valence-corrected chi connectivity index (χ3v) is 2.53. The van der Waals surface area contributed by atoms with Crippen LogP contribution in [0.15, 0.2) is 18.2 Å². The number of nitrogens with one attached hydrogen (secondary N) is 1. The molecular formula is C11H11F4N. The predicted octanol–water partition coefficient (Wildman–Crippen LogP) is 3.10. The maximum atomic E-state index is 12.9. The van der Waals surface area contributed by atoms with Gasteiger partial charge in [0.15, 0.2) is 0 Å². The third kappa shape index (κ3) is 2.72. The molecular weight excluding hydrogens is 222 g/mol. The van der Waals surface area contributed by atoms with Crippen molar-refractivity contribution in [3.05, 3.63) is 35.1 Å². The molecule has 1 aromatic carbocycles. The van der Waals surface area contributed by atoms with Crippen LogP contribution in [0.4, 0.5) is 17.6 Å². The average Bonchev–Trinajstić information content (AvgIpc) is 2.96. The summed E-state index contributed by atoms with van der Waals surface area (Å²) >= 11 is 0. The number of rotatable bonds is 3. The van der Waals surface area contributed by atoms with Gasteiger partial charge in [0, 0.05) is 12.6 Å². The molecule has 1 N–H and O–H groups in total. The molecule has 16 heavy (non-hydrogen) atoms. The molecule has 1 fully saturated rings. The van der Waals surface area contributed by atoms with Gasteiger partial charge >= 0.3 is 6.18 Å². The minimum Gasteiger partial charge on any atom is -0.310 e. The highest BCUT2D eigenvalue weighted by molar-refractivity contribution is 5.30. The fourth-order valence-electron chi connectivity index (χ4n) is 1.53. The van der Waals surface area contributed by atoms with Gasteiger partial charge in [-0.25, -0.2) is 4.39 Å². The van der Waals surface area contributed by atoms with Crippen LogP contribution in [0.5, 0.6) is 0 Å². The first kappa shape index (κ1) is 11.4. The minimum absolute atomic E-state index is 0.0283. The summed E-state index contributed by atoms with van der Waals surface area (Å²) in [7, 11) is 0. The number of alkyl halides is 3. The molecule has 0 saturated heterocycles. The summed E-state index contributed by atoms with van der Waals surface area (Å²) in [6, 6.07) is 2.87. The summed E-state index contributed by atoms with van der Waals surface area (Å²) in [6.45, 7) is 0.0667. The van der Waals surface area contributed by atoms with E-state index in [1.807, 2.05) is 0 Å². The van der Waals surface area contributed by atoms with E-state index in [9.17, 15) is 17.6 Å². The van der Waals surface area contributed by atoms with Crippen LogP contribution in [0.2, 0.25) is 0 Å². The van der Waals surface area contributed by atoms with Gasteiger partial charge in [0.05, 0.1) is 5.56 Å². The Morgan fingerprint density at radius 3 is 2.50 bits per heavy atom. The number of benzene rings is 1. The monoisotopic (exact) mass is 233 g/mol. The van der Waals surface area contributed by atoms with E-state index in [0.29, 0.717) is 6.04 Å². The van der Waals surface area contributed by atoms with Crippen LogP contribution in [0.25, 0.3) is 0 Å². The lowest BCUT2D eigenvalue weighted by atomic mass is 10.1. The van der Waals surface area contributed by atoms with Crippen LogP contribution in [0.1, 0.15) is 24.0 Å². The van der Waals surface area contributed by atoms with Crippen LogP contribution in [-0.4, -0.2) is 6.04 Å². The van der Waals surface area contributed by atoms with Crippen molar-refractivity contribution in [3.63, 3.8) is 0 Å². The maximum Gasteiger partial charge on any atom is 0.416 e. The Balaban J connectivity index is 2.20. The van der Waals surface area contributed by atoms with Crippen LogP contribution in [-0.2, 0) is 12.7 Å². The van der Waals surface area contributed by atoms with Gasteiger partial charge in [0.1, 0.15) is 5.82 Å². The number of hydrogen-bond donors (Lipinski definition) is 1. The first-order valence-corrected chi connectivity index (χ1v) is 5.06. The molecule has 5 heteroatoms. The molecule has 0 aliphatic heterocycles. The first-order valence-electron chi connectivity index (χ1n) is 5.06. The van der Waals surface area contributed by atoms with Gasteiger partial charge < -0.3 is 5.32 Å². The van der Waals surface area contributed by atoms with Crippen molar-refractivity contribution in [2.75, 3.05) is 0 Å². The molecule has 88 valence electrons. The summed E-state index contributed by atoms with van der Waals surface area (Å²) in [4.78, 5) is 0. The minimum atomic E-state index is -4.42. The Morgan fingerprint density at radius 2 is 1.94 bits per heavy atom. The highest BCUT2D eigenvalue weighted by Gasteiger charge is 2.33. The molecule has 1 aromatic rings. The van der Waals surface area contributed by atoms with Gasteiger partial charge in [0.2, 0.25) is 0 Å². The summed E-state index contributed by atoms with van der Waals surface area (Å²) in [5.74, 6) is -0.638. The molecule has 0 bridgehead atoms. The van der Waals surface area contributed by atoms with Gasteiger partial charge in [0.25, 0.3) is 0 Å². The lowest BCUT2D eigenvalue weighted by Gasteiger charge is -2.13. The van der Waals surface area contributed by atoms with Gasteiger partial charge in [-0.3, -0.25) is 0 Å². The smallest absolute Gasteiger partial charge is 0.310 e. The van der Waals surface area contributed by atoms with Gasteiger partial charge in [-0.15, -0.1) is 0 Å². The van der Waals surface area contributed by atoms with Crippen LogP contribution in [0.3, 0.4) is 0 Å². The average molecular weight is 233 g/mol. The van der Waals surface area contributed by atoms with Gasteiger partial charge in [-0.05, 0) is 36.6 Å². The molecule has 0 heterocycles. The van der Waals surface area contributed by atoms with Crippen molar-refractivity contribution in [1.29, 1.82) is 0 Å². The fourth-order valence-corrected chi connectivity index (χ4v) is 1.53. The lowest BCUT2D eigenvalue weighted by Crippen LogP contribution is -2.19. The second kappa shape index (κ2) is 4.05. The molecule has 0 unspecified atom stereocenters. The van der Waals surface area contributed by atoms with E-state index in [2.05, 4.69) is 5.32 Å². The molecule has 0 amide bonds. The standard InChI is InChI=1S/C11H11F4N/c12-8-1-4-10(11(13,14)15)7(5-8)6-16-9-2-3-9/h1,4-5,9,16H,2-3,6H2. The zero-order valence-corrected chi connectivity index (χ0v) is 8.44. The lowest BCUT2D eigenvalue weighted by molar-refractivity contribution is -0.138. The van der Waals surface area contributed by atoms with Crippen LogP contribution in [0, 0.1) is 5.82 Å². The topological polar surface area (TPSA) is 12.0 Å². The summed E-state index contributed by atoms with van der Waals surface area (Å²) in [5.41, 5.74) is -0.790. The Hall–Kier alpha value is -1.10. The Bertz CT molecular complexity index is 382. The van der Waals surface area contributed by atoms with Gasteiger partial charge in [-0.1, -0.05) is 0 Å². The molecule has 1 aliphatic carbocycles. The zero-order valence-electron chi connectivity index (χ0n) is 8.44. The Kier molecular flexibility index (Phi) is 2.88. The quantitative estimate of drug-likeness (QED) is 0.791. The van der Waals surface area contributed by atoms with E-state index in [0.717, 1.165) is 31.0 Å². The van der Waals surface area contributed by atoms with E-state index >= 15 is 0 Å². The van der Waals surface area contributed by atoms with Crippen molar-refractivity contribution < 1.29 is 17.6 Å². The predicted molar refractivity (Wildman–Crippen MR) is 51.3 cm³/mol. The number of hydrogen-bond acceptors (Lipinski definition) is 1. The molecule has 0 aromatic heterocycles. The van der Waals surface area contributed by atoms with Crippen molar-refractivity contribution >= 4 is 0 Å². The van der Waals surface area contributed by atoms with Crippen LogP contribution >= 0.6 is 0 Å². The molecule has 1 nitrogen and oxygen atoms in total. The largest absolute Gasteiger partial charge is 0.416 e. The Morgan fingerprint density at radius 1 is 1.25 bits per heavy atom. The van der Waals surface area contributed by atoms with E-state index in [4.69, 9.17) is 0 Å². The molecule has 2 rings (SSSR count). The molecule has 0 radical (unpaired) electrons. The fraction of sp³-hybridized carbons (Fsp3) is 0.455. The third-order valence-electron chi connectivity index (χ3n) is 2.53. The van der Waals surface area contributed by atoms with Crippen molar-refractivity contribution in [1.82, 2.24) is 5.32 Å². The highest BCUT2D eigenvalue weighted by Crippen LogP contribution is 2.32. The van der Waals surface area contributed by atoms with Gasteiger partial charge in [-0.2, -0.15) is 13.2 Å². The summed E-state index contributed by atoms with van der Waals surface area (Å²) in [5, 5.41) is 2.95. The molecule has 0 atom stereocenters. The van der Waals surface area contributed by atoms with Crippen molar-refractivity contribution in [2.24, 2.45) is 0 Å². The second-order valence-electron chi connectivity index (χ2n) is 3.95. The molecule has 0 spiro atoms. The SMILES string of the molecule is Fc1ccc(C(F)(F)F)c(CNC2CC2)c1. The van der Waals surface area contributed by atoms with E-state index in [1.165, 1.54) is 0 Å². The normalized spacial score (nSPS) is 16.5. The maximum absolute atomic E-state index is 12.9. The zero-order chi connectivity index (χ0) is 11.8. The van der Waals surface area contributed by atoms with E-state index in [1.54, 1.807) is 0 Å². The highest BCUT2D eigenvalue weighted by atomic mass is 19.4. The molecule has 1 saturated carbocycles. The second-order valence-corrected chi connectivity index (χ2v) is 3.95. The van der Waals surface area contributed by atoms with Crippen LogP contribution < -0.4 is 5.32 Å². The summed E-state index contributed by atoms with van der Waals surface area (Å²) in [6.07, 6.45) is -2.46.